The number of rotatable bonds is 6. The molecule has 0 radical (unpaired) electrons. The highest BCUT2D eigenvalue weighted by Gasteiger charge is 2.29. The molecule has 1 saturated heterocycles. The Morgan fingerprint density at radius 3 is 2.74 bits per heavy atom. The molecular formula is C14H29N3O2. The van der Waals surface area contributed by atoms with Gasteiger partial charge >= 0.3 is 0 Å². The van der Waals surface area contributed by atoms with Crippen molar-refractivity contribution in [2.24, 2.45) is 5.73 Å². The van der Waals surface area contributed by atoms with Gasteiger partial charge in [-0.15, -0.1) is 0 Å². The van der Waals surface area contributed by atoms with Crippen LogP contribution in [0.4, 0.5) is 0 Å². The molecule has 0 saturated carbocycles. The molecule has 112 valence electrons. The number of hydrogen-bond donors (Lipinski definition) is 2. The van der Waals surface area contributed by atoms with Crippen LogP contribution < -0.4 is 11.1 Å². The number of methoxy groups -OCH3 is 1. The Morgan fingerprint density at radius 1 is 1.53 bits per heavy atom. The minimum absolute atomic E-state index is 0.0844. The summed E-state index contributed by atoms with van der Waals surface area (Å²) in [4.78, 5) is 14.3. The molecule has 5 nitrogen and oxygen atoms in total. The van der Waals surface area contributed by atoms with E-state index in [0.717, 1.165) is 25.8 Å². The van der Waals surface area contributed by atoms with E-state index in [9.17, 15) is 4.79 Å². The van der Waals surface area contributed by atoms with Gasteiger partial charge in [-0.1, -0.05) is 6.92 Å². The van der Waals surface area contributed by atoms with Crippen LogP contribution in [0.15, 0.2) is 0 Å². The van der Waals surface area contributed by atoms with Gasteiger partial charge < -0.3 is 15.8 Å². The molecule has 1 heterocycles. The predicted octanol–water partition coefficient (Wildman–Crippen LogP) is 0.729. The van der Waals surface area contributed by atoms with E-state index in [1.165, 1.54) is 0 Å². The normalized spacial score (nSPS) is 25.3. The number of nitrogens with one attached hydrogen (secondary N) is 1. The van der Waals surface area contributed by atoms with Crippen molar-refractivity contribution in [2.45, 2.75) is 57.7 Å². The van der Waals surface area contributed by atoms with Gasteiger partial charge in [0.25, 0.3) is 0 Å². The van der Waals surface area contributed by atoms with E-state index < -0.39 is 0 Å². The number of ether oxygens (including phenoxy) is 1. The highest BCUT2D eigenvalue weighted by Crippen LogP contribution is 2.19. The third-order valence-electron chi connectivity index (χ3n) is 4.10. The van der Waals surface area contributed by atoms with Crippen molar-refractivity contribution in [3.63, 3.8) is 0 Å². The molecule has 0 spiro atoms. The second kappa shape index (κ2) is 7.22. The fourth-order valence-electron chi connectivity index (χ4n) is 2.42. The summed E-state index contributed by atoms with van der Waals surface area (Å²) in [5, 5.41) is 3.07. The molecule has 1 fully saturated rings. The molecule has 0 aromatic heterocycles. The summed E-state index contributed by atoms with van der Waals surface area (Å²) in [6.07, 6.45) is 3.08. The van der Waals surface area contributed by atoms with E-state index in [1.807, 2.05) is 13.8 Å². The zero-order chi connectivity index (χ0) is 14.5. The number of amides is 1. The molecule has 0 bridgehead atoms. The van der Waals surface area contributed by atoms with Gasteiger partial charge in [0.2, 0.25) is 5.91 Å². The van der Waals surface area contributed by atoms with E-state index >= 15 is 0 Å². The first-order valence-corrected chi connectivity index (χ1v) is 7.19. The Kier molecular flexibility index (Phi) is 6.23. The Bertz CT molecular complexity index is 294. The summed E-state index contributed by atoms with van der Waals surface area (Å²) < 4.78 is 5.39. The molecule has 3 N–H and O–H groups in total. The lowest BCUT2D eigenvalue weighted by Gasteiger charge is -2.38. The quantitative estimate of drug-likeness (QED) is 0.747. The molecule has 0 aromatic rings. The maximum absolute atomic E-state index is 12.1. The second-order valence-corrected chi connectivity index (χ2v) is 6.03. The van der Waals surface area contributed by atoms with Crippen LogP contribution in [0.1, 0.15) is 40.0 Å². The fraction of sp³-hybridized carbons (Fsp3) is 0.929. The maximum atomic E-state index is 12.1. The van der Waals surface area contributed by atoms with Crippen molar-refractivity contribution in [2.75, 3.05) is 26.7 Å². The van der Waals surface area contributed by atoms with Crippen molar-refractivity contribution in [1.29, 1.82) is 0 Å². The van der Waals surface area contributed by atoms with Gasteiger partial charge in [0.15, 0.2) is 0 Å². The van der Waals surface area contributed by atoms with Crippen LogP contribution in [0.25, 0.3) is 0 Å². The topological polar surface area (TPSA) is 67.6 Å². The number of piperidine rings is 1. The van der Waals surface area contributed by atoms with Gasteiger partial charge in [0.05, 0.1) is 12.6 Å². The lowest BCUT2D eigenvalue weighted by atomic mass is 9.99. The van der Waals surface area contributed by atoms with Gasteiger partial charge in [-0.3, -0.25) is 9.69 Å². The van der Waals surface area contributed by atoms with Crippen molar-refractivity contribution < 1.29 is 9.53 Å². The number of nitrogens with two attached hydrogens (primary N) is 1. The van der Waals surface area contributed by atoms with E-state index in [0.29, 0.717) is 13.1 Å². The van der Waals surface area contributed by atoms with Gasteiger partial charge in [-0.05, 0) is 33.1 Å². The van der Waals surface area contributed by atoms with Crippen molar-refractivity contribution in [3.8, 4) is 0 Å². The zero-order valence-electron chi connectivity index (χ0n) is 12.7. The van der Waals surface area contributed by atoms with Crippen molar-refractivity contribution in [3.05, 3.63) is 0 Å². The Balaban J connectivity index is 2.49. The molecule has 19 heavy (non-hydrogen) atoms. The Hall–Kier alpha value is -0.650. The molecule has 5 heteroatoms. The fourth-order valence-corrected chi connectivity index (χ4v) is 2.42. The number of carbonyl (C=O) groups is 1. The molecule has 1 amide bonds. The van der Waals surface area contributed by atoms with Crippen molar-refractivity contribution >= 4 is 5.91 Å². The van der Waals surface area contributed by atoms with Crippen LogP contribution in [0.3, 0.4) is 0 Å². The van der Waals surface area contributed by atoms with Crippen LogP contribution in [0.5, 0.6) is 0 Å². The lowest BCUT2D eigenvalue weighted by molar-refractivity contribution is -0.125. The summed E-state index contributed by atoms with van der Waals surface area (Å²) >= 11 is 0. The maximum Gasteiger partial charge on any atom is 0.234 e. The minimum Gasteiger partial charge on any atom is -0.381 e. The SMILES string of the molecule is CCC(C)(C)NC(=O)CN1CCC(OC)CC1CN. The van der Waals surface area contributed by atoms with Crippen LogP contribution in [-0.4, -0.2) is 55.2 Å². The molecular weight excluding hydrogens is 242 g/mol. The van der Waals surface area contributed by atoms with Crippen LogP contribution in [0, 0.1) is 0 Å². The molecule has 1 aliphatic heterocycles. The Labute approximate surface area is 116 Å². The standard InChI is InChI=1S/C14H29N3O2/c1-5-14(2,3)16-13(18)10-17-7-6-12(19-4)8-11(17)9-15/h11-12H,5-10,15H2,1-4H3,(H,16,18). The largest absolute Gasteiger partial charge is 0.381 e. The first-order chi connectivity index (χ1) is 8.91. The van der Waals surface area contributed by atoms with Gasteiger partial charge in [0.1, 0.15) is 0 Å². The monoisotopic (exact) mass is 271 g/mol. The summed E-state index contributed by atoms with van der Waals surface area (Å²) in [7, 11) is 1.74. The van der Waals surface area contributed by atoms with E-state index in [1.54, 1.807) is 7.11 Å². The highest BCUT2D eigenvalue weighted by atomic mass is 16.5. The summed E-state index contributed by atoms with van der Waals surface area (Å²) in [5.74, 6) is 0.0844. The molecule has 2 atom stereocenters. The predicted molar refractivity (Wildman–Crippen MR) is 77.0 cm³/mol. The third kappa shape index (κ3) is 5.09. The smallest absolute Gasteiger partial charge is 0.234 e. The van der Waals surface area contributed by atoms with Crippen LogP contribution in [-0.2, 0) is 9.53 Å². The number of hydrogen-bond acceptors (Lipinski definition) is 4. The van der Waals surface area contributed by atoms with E-state index in [-0.39, 0.29) is 23.6 Å². The van der Waals surface area contributed by atoms with Gasteiger partial charge in [-0.25, -0.2) is 0 Å². The zero-order valence-corrected chi connectivity index (χ0v) is 12.7. The minimum atomic E-state index is -0.139. The van der Waals surface area contributed by atoms with Gasteiger partial charge in [-0.2, -0.15) is 0 Å². The first kappa shape index (κ1) is 16.4. The second-order valence-electron chi connectivity index (χ2n) is 6.03. The number of likely N-dealkylation sites (tertiary alicyclic amines) is 1. The number of carbonyl (C=O) groups excluding carboxylic acids is 1. The average Bonchev–Trinajstić information content (AvgIpc) is 2.38. The van der Waals surface area contributed by atoms with Crippen LogP contribution in [0.2, 0.25) is 0 Å². The summed E-state index contributed by atoms with van der Waals surface area (Å²) in [6, 6.07) is 0.245. The van der Waals surface area contributed by atoms with E-state index in [4.69, 9.17) is 10.5 Å². The van der Waals surface area contributed by atoms with Gasteiger partial charge in [0, 0.05) is 31.8 Å². The molecule has 1 rings (SSSR count). The third-order valence-corrected chi connectivity index (χ3v) is 4.10. The summed E-state index contributed by atoms with van der Waals surface area (Å²) in [6.45, 7) is 8.05. The van der Waals surface area contributed by atoms with Crippen LogP contribution >= 0.6 is 0 Å². The molecule has 0 aliphatic carbocycles. The molecule has 1 aliphatic rings. The highest BCUT2D eigenvalue weighted by molar-refractivity contribution is 5.78. The van der Waals surface area contributed by atoms with Crippen molar-refractivity contribution in [1.82, 2.24) is 10.2 Å². The summed E-state index contributed by atoms with van der Waals surface area (Å²) in [5.41, 5.74) is 5.67. The molecule has 2 unspecified atom stereocenters. The van der Waals surface area contributed by atoms with E-state index in [2.05, 4.69) is 17.1 Å². The number of nitrogens with zero attached hydrogens (tertiary/aromatic N) is 1. The lowest BCUT2D eigenvalue weighted by Crippen LogP contribution is -2.54. The Morgan fingerprint density at radius 2 is 2.21 bits per heavy atom. The molecule has 0 aromatic carbocycles. The average molecular weight is 271 g/mol. The first-order valence-electron chi connectivity index (χ1n) is 7.19.